The van der Waals surface area contributed by atoms with Crippen molar-refractivity contribution in [2.75, 3.05) is 0 Å². The molecule has 0 spiro atoms. The lowest BCUT2D eigenvalue weighted by Crippen LogP contribution is -2.32. The molecule has 0 aromatic rings. The Bertz CT molecular complexity index is 294. The topological polar surface area (TPSA) is 83.9 Å². The number of hydrogen-bond donors (Lipinski definition) is 1. The summed E-state index contributed by atoms with van der Waals surface area (Å²) in [6.45, 7) is 1.57. The second-order valence-corrected chi connectivity index (χ2v) is 4.08. The van der Waals surface area contributed by atoms with E-state index < -0.39 is 34.5 Å². The van der Waals surface area contributed by atoms with E-state index in [1.54, 1.807) is 6.92 Å². The Balaban J connectivity index is 2.75. The lowest BCUT2D eigenvalue weighted by Gasteiger charge is -2.11. The number of nitrogens with zero attached hydrogens (tertiary/aromatic N) is 1. The van der Waals surface area contributed by atoms with E-state index in [1.165, 1.54) is 0 Å². The van der Waals surface area contributed by atoms with Crippen LogP contribution in [0.5, 0.6) is 0 Å². The van der Waals surface area contributed by atoms with Crippen LogP contribution in [0.15, 0.2) is 0 Å². The van der Waals surface area contributed by atoms with E-state index in [1.807, 2.05) is 0 Å². The minimum atomic E-state index is -2.68. The van der Waals surface area contributed by atoms with Crippen LogP contribution >= 0.6 is 11.6 Å². The summed E-state index contributed by atoms with van der Waals surface area (Å²) in [7, 11) is 0. The van der Waals surface area contributed by atoms with Gasteiger partial charge < -0.3 is 0 Å². The normalized spacial score (nSPS) is 26.8. The molecule has 0 bridgehead atoms. The van der Waals surface area contributed by atoms with Crippen molar-refractivity contribution in [1.82, 2.24) is 5.06 Å². The van der Waals surface area contributed by atoms with Gasteiger partial charge in [0.1, 0.15) is 0 Å². The molecule has 3 atom stereocenters. The van der Waals surface area contributed by atoms with Crippen molar-refractivity contribution in [2.45, 2.75) is 18.7 Å². The molecule has 1 aliphatic heterocycles. The summed E-state index contributed by atoms with van der Waals surface area (Å²) in [6.07, 6.45) is -0.0965. The highest BCUT2D eigenvalue weighted by Crippen LogP contribution is 2.26. The molecule has 0 radical (unpaired) electrons. The Morgan fingerprint density at radius 1 is 1.71 bits per heavy atom. The molecule has 1 N–H and O–H groups in total. The molecule has 1 saturated heterocycles. The van der Waals surface area contributed by atoms with Crippen LogP contribution in [0.2, 0.25) is 0 Å². The fourth-order valence-electron chi connectivity index (χ4n) is 1.13. The highest BCUT2D eigenvalue weighted by Gasteiger charge is 2.43. The molecule has 1 rings (SSSR count). The Labute approximate surface area is 87.6 Å². The molecule has 8 heteroatoms. The average Bonchev–Trinajstić information content (AvgIpc) is 2.31. The molecule has 1 heterocycles. The van der Waals surface area contributed by atoms with Gasteiger partial charge in [0, 0.05) is 11.8 Å². The molecule has 0 aromatic carbocycles. The van der Waals surface area contributed by atoms with Crippen LogP contribution in [0, 0.1) is 5.92 Å². The van der Waals surface area contributed by atoms with Crippen molar-refractivity contribution in [3.8, 4) is 0 Å². The van der Waals surface area contributed by atoms with E-state index in [-0.39, 0.29) is 6.42 Å². The molecule has 6 nitrogen and oxygen atoms in total. The number of halogens is 1. The first-order valence-corrected chi connectivity index (χ1v) is 5.20. The van der Waals surface area contributed by atoms with E-state index in [4.69, 9.17) is 16.2 Å². The van der Waals surface area contributed by atoms with Crippen molar-refractivity contribution in [1.29, 1.82) is 0 Å². The summed E-state index contributed by atoms with van der Waals surface area (Å²) in [4.78, 5) is 22.5. The number of rotatable bonds is 3. The van der Waals surface area contributed by atoms with E-state index in [2.05, 4.69) is 4.28 Å². The van der Waals surface area contributed by atoms with Crippen LogP contribution in [0.4, 0.5) is 0 Å². The molecule has 1 aliphatic rings. The molecule has 0 aromatic heterocycles. The Hall–Kier alpha value is -0.500. The highest BCUT2D eigenvalue weighted by atomic mass is 35.5. The van der Waals surface area contributed by atoms with Gasteiger partial charge in [0.2, 0.25) is 0 Å². The van der Waals surface area contributed by atoms with Gasteiger partial charge in [0.05, 0.1) is 5.92 Å². The Kier molecular flexibility index (Phi) is 3.59. The van der Waals surface area contributed by atoms with E-state index in [0.717, 1.165) is 0 Å². The van der Waals surface area contributed by atoms with Crippen molar-refractivity contribution in [2.24, 2.45) is 5.92 Å². The van der Waals surface area contributed by atoms with E-state index >= 15 is 0 Å². The molecular formula is C6H8ClNO5S. The molecule has 14 heavy (non-hydrogen) atoms. The predicted molar refractivity (Wildman–Crippen MR) is 47.1 cm³/mol. The largest absolute Gasteiger partial charge is 0.325 e. The molecule has 2 amide bonds. The van der Waals surface area contributed by atoms with Crippen LogP contribution in [0.1, 0.15) is 13.3 Å². The fraction of sp³-hybridized carbons (Fsp3) is 0.667. The third kappa shape index (κ3) is 2.30. The number of hydroxylamine groups is 2. The number of carbonyl (C=O) groups is 2. The third-order valence-electron chi connectivity index (χ3n) is 1.83. The SMILES string of the molecule is CC(Cl)C1CC(=O)N(OS(=O)O)C1=O. The van der Waals surface area contributed by atoms with Crippen LogP contribution in [-0.4, -0.2) is 31.0 Å². The van der Waals surface area contributed by atoms with Gasteiger partial charge in [-0.3, -0.25) is 14.1 Å². The first-order chi connectivity index (χ1) is 6.43. The number of amides is 2. The number of carbonyl (C=O) groups excluding carboxylic acids is 2. The van der Waals surface area contributed by atoms with Crippen LogP contribution in [0.3, 0.4) is 0 Å². The fourth-order valence-corrected chi connectivity index (χ4v) is 1.61. The van der Waals surface area contributed by atoms with Crippen molar-refractivity contribution < 1.29 is 22.6 Å². The van der Waals surface area contributed by atoms with Gasteiger partial charge in [-0.05, 0) is 6.92 Å². The first-order valence-electron chi connectivity index (χ1n) is 3.73. The number of alkyl halides is 1. The second-order valence-electron chi connectivity index (χ2n) is 2.81. The van der Waals surface area contributed by atoms with Gasteiger partial charge in [-0.15, -0.1) is 20.9 Å². The molecule has 0 aliphatic carbocycles. The molecule has 0 saturated carbocycles. The maximum atomic E-state index is 11.3. The van der Waals surface area contributed by atoms with Crippen molar-refractivity contribution >= 4 is 34.8 Å². The number of hydrogen-bond acceptors (Lipinski definition) is 4. The summed E-state index contributed by atoms with van der Waals surface area (Å²) < 4.78 is 22.7. The van der Waals surface area contributed by atoms with Crippen molar-refractivity contribution in [3.05, 3.63) is 0 Å². The standard InChI is InChI=1S/C6H8ClNO5S/c1-3(7)4-2-5(9)8(6(4)10)13-14(11)12/h3-4H,2H2,1H3,(H,11,12). The molecule has 80 valence electrons. The first kappa shape index (κ1) is 11.6. The highest BCUT2D eigenvalue weighted by molar-refractivity contribution is 7.74. The van der Waals surface area contributed by atoms with Gasteiger partial charge in [0.15, 0.2) is 0 Å². The van der Waals surface area contributed by atoms with E-state index in [0.29, 0.717) is 5.06 Å². The van der Waals surface area contributed by atoms with Gasteiger partial charge >= 0.3 is 11.4 Å². The zero-order valence-corrected chi connectivity index (χ0v) is 8.75. The van der Waals surface area contributed by atoms with Crippen LogP contribution in [-0.2, 0) is 25.2 Å². The van der Waals surface area contributed by atoms with Gasteiger partial charge in [-0.2, -0.15) is 4.21 Å². The molecule has 3 unspecified atom stereocenters. The predicted octanol–water partition coefficient (Wildman–Crippen LogP) is 0.0571. The quantitative estimate of drug-likeness (QED) is 0.429. The van der Waals surface area contributed by atoms with Gasteiger partial charge in [-0.1, -0.05) is 0 Å². The zero-order chi connectivity index (χ0) is 10.9. The number of imide groups is 1. The minimum absolute atomic E-state index is 0.0965. The maximum Gasteiger partial charge on any atom is 0.325 e. The zero-order valence-electron chi connectivity index (χ0n) is 7.18. The Morgan fingerprint density at radius 2 is 2.29 bits per heavy atom. The van der Waals surface area contributed by atoms with E-state index in [9.17, 15) is 13.8 Å². The summed E-state index contributed by atoms with van der Waals surface area (Å²) in [5.74, 6) is -2.03. The molecular weight excluding hydrogens is 234 g/mol. The summed E-state index contributed by atoms with van der Waals surface area (Å²) >= 11 is 2.97. The minimum Gasteiger partial charge on any atom is -0.282 e. The van der Waals surface area contributed by atoms with Crippen molar-refractivity contribution in [3.63, 3.8) is 0 Å². The summed E-state index contributed by atoms with van der Waals surface area (Å²) in [5.41, 5.74) is 0. The lowest BCUT2D eigenvalue weighted by atomic mass is 10.1. The smallest absolute Gasteiger partial charge is 0.282 e. The summed E-state index contributed by atoms with van der Waals surface area (Å²) in [6, 6.07) is 0. The second kappa shape index (κ2) is 4.35. The molecule has 1 fully saturated rings. The van der Waals surface area contributed by atoms with Crippen LogP contribution in [0.25, 0.3) is 0 Å². The Morgan fingerprint density at radius 3 is 2.64 bits per heavy atom. The monoisotopic (exact) mass is 241 g/mol. The lowest BCUT2D eigenvalue weighted by molar-refractivity contribution is -0.164. The third-order valence-corrected chi connectivity index (χ3v) is 2.41. The average molecular weight is 242 g/mol. The summed E-state index contributed by atoms with van der Waals surface area (Å²) in [5, 5.41) is -0.230. The van der Waals surface area contributed by atoms with Gasteiger partial charge in [-0.25, -0.2) is 0 Å². The maximum absolute atomic E-state index is 11.3. The van der Waals surface area contributed by atoms with Gasteiger partial charge in [0.25, 0.3) is 11.8 Å². The van der Waals surface area contributed by atoms with Crippen LogP contribution < -0.4 is 0 Å².